The molecule has 0 aliphatic heterocycles. The van der Waals surface area contributed by atoms with Gasteiger partial charge in [-0.15, -0.1) is 0 Å². The number of halogens is 1. The second-order valence-electron chi connectivity index (χ2n) is 9.91. The van der Waals surface area contributed by atoms with E-state index in [2.05, 4.69) is 21.2 Å². The first-order valence-electron chi connectivity index (χ1n) is 13.7. The lowest BCUT2D eigenvalue weighted by Gasteiger charge is -2.34. The van der Waals surface area contributed by atoms with E-state index in [-0.39, 0.29) is 23.8 Å². The molecular weight excluding hydrogens is 614 g/mol. The summed E-state index contributed by atoms with van der Waals surface area (Å²) in [5, 5.41) is 2.87. The van der Waals surface area contributed by atoms with Gasteiger partial charge in [0.25, 0.3) is 10.0 Å². The monoisotopic (exact) mass is 647 g/mol. The van der Waals surface area contributed by atoms with E-state index in [0.717, 1.165) is 25.5 Å². The van der Waals surface area contributed by atoms with Crippen LogP contribution in [0, 0.1) is 6.92 Å². The Morgan fingerprint density at radius 3 is 2.00 bits per heavy atom. The molecule has 4 aromatic carbocycles. The van der Waals surface area contributed by atoms with Gasteiger partial charge in [0.2, 0.25) is 11.8 Å². The maximum absolute atomic E-state index is 14.3. The van der Waals surface area contributed by atoms with Crippen molar-refractivity contribution >= 4 is 43.5 Å². The fourth-order valence-corrected chi connectivity index (χ4v) is 6.29. The van der Waals surface area contributed by atoms with Gasteiger partial charge in [-0.3, -0.25) is 13.9 Å². The highest BCUT2D eigenvalue weighted by Gasteiger charge is 2.34. The standard InChI is InChI=1S/C33H34BrN3O4S/c1-3-35-33(39)31(22-26-10-6-4-7-11-26)36(23-27-16-14-25(2)15-17-27)32(38)24-37(29-20-18-28(34)19-21-29)42(40,41)30-12-8-5-9-13-30/h4-21,31H,3,22-24H2,1-2H3,(H,35,39)/t31-/m0/s1. The lowest BCUT2D eigenvalue weighted by Crippen LogP contribution is -2.53. The smallest absolute Gasteiger partial charge is 0.264 e. The molecule has 1 N–H and O–H groups in total. The Morgan fingerprint density at radius 1 is 0.810 bits per heavy atom. The van der Waals surface area contributed by atoms with Crippen molar-refractivity contribution in [3.8, 4) is 0 Å². The summed E-state index contributed by atoms with van der Waals surface area (Å²) in [5.41, 5.74) is 3.12. The second-order valence-corrected chi connectivity index (χ2v) is 12.7. The molecule has 4 aromatic rings. The third-order valence-corrected chi connectivity index (χ3v) is 9.14. The highest BCUT2D eigenvalue weighted by molar-refractivity contribution is 9.10. The molecule has 2 amide bonds. The zero-order valence-electron chi connectivity index (χ0n) is 23.6. The number of nitrogens with one attached hydrogen (secondary N) is 1. The van der Waals surface area contributed by atoms with Crippen LogP contribution in [0.15, 0.2) is 119 Å². The van der Waals surface area contributed by atoms with E-state index in [0.29, 0.717) is 12.2 Å². The van der Waals surface area contributed by atoms with Gasteiger partial charge >= 0.3 is 0 Å². The molecule has 42 heavy (non-hydrogen) atoms. The van der Waals surface area contributed by atoms with Gasteiger partial charge in [0.05, 0.1) is 10.6 Å². The number of carbonyl (C=O) groups excluding carboxylic acids is 2. The zero-order chi connectivity index (χ0) is 30.1. The molecule has 0 fully saturated rings. The number of benzene rings is 4. The van der Waals surface area contributed by atoms with Crippen molar-refractivity contribution in [3.05, 3.63) is 130 Å². The number of sulfonamides is 1. The number of carbonyl (C=O) groups is 2. The SMILES string of the molecule is CCNC(=O)[C@H](Cc1ccccc1)N(Cc1ccc(C)cc1)C(=O)CN(c1ccc(Br)cc1)S(=O)(=O)c1ccccc1. The molecule has 0 aliphatic carbocycles. The average molecular weight is 649 g/mol. The summed E-state index contributed by atoms with van der Waals surface area (Å²) >= 11 is 3.40. The molecule has 0 heterocycles. The van der Waals surface area contributed by atoms with Crippen LogP contribution < -0.4 is 9.62 Å². The van der Waals surface area contributed by atoms with Gasteiger partial charge in [0, 0.05) is 24.0 Å². The molecule has 9 heteroatoms. The summed E-state index contributed by atoms with van der Waals surface area (Å²) in [5.74, 6) is -0.798. The third kappa shape index (κ3) is 7.86. The minimum absolute atomic E-state index is 0.0652. The molecule has 0 aliphatic rings. The predicted molar refractivity (Wildman–Crippen MR) is 169 cm³/mol. The molecule has 0 bridgehead atoms. The molecule has 7 nitrogen and oxygen atoms in total. The van der Waals surface area contributed by atoms with Crippen LogP contribution >= 0.6 is 15.9 Å². The summed E-state index contributed by atoms with van der Waals surface area (Å²) in [6.07, 6.45) is 0.272. The van der Waals surface area contributed by atoms with Crippen LogP contribution in [0.3, 0.4) is 0 Å². The molecule has 0 unspecified atom stereocenters. The van der Waals surface area contributed by atoms with E-state index >= 15 is 0 Å². The van der Waals surface area contributed by atoms with Gasteiger partial charge in [-0.1, -0.05) is 94.3 Å². The topological polar surface area (TPSA) is 86.8 Å². The molecular formula is C33H34BrN3O4S. The summed E-state index contributed by atoms with van der Waals surface area (Å²) < 4.78 is 29.7. The van der Waals surface area contributed by atoms with Crippen molar-refractivity contribution < 1.29 is 18.0 Å². The van der Waals surface area contributed by atoms with Crippen LogP contribution in [-0.4, -0.2) is 44.3 Å². The van der Waals surface area contributed by atoms with Gasteiger partial charge in [-0.25, -0.2) is 8.42 Å². The van der Waals surface area contributed by atoms with Crippen LogP contribution in [0.2, 0.25) is 0 Å². The molecule has 0 saturated heterocycles. The number of nitrogens with zero attached hydrogens (tertiary/aromatic N) is 2. The van der Waals surface area contributed by atoms with Crippen LogP contribution in [0.1, 0.15) is 23.6 Å². The average Bonchev–Trinajstić information content (AvgIpc) is 3.00. The Bertz CT molecular complexity index is 1580. The van der Waals surface area contributed by atoms with Gasteiger partial charge in [-0.05, 0) is 61.4 Å². The highest BCUT2D eigenvalue weighted by Crippen LogP contribution is 2.26. The Morgan fingerprint density at radius 2 is 1.40 bits per heavy atom. The van der Waals surface area contributed by atoms with Crippen molar-refractivity contribution in [1.82, 2.24) is 10.2 Å². The molecule has 0 aromatic heterocycles. The van der Waals surface area contributed by atoms with E-state index in [1.807, 2.05) is 68.4 Å². The maximum Gasteiger partial charge on any atom is 0.264 e. The predicted octanol–water partition coefficient (Wildman–Crippen LogP) is 5.73. The summed E-state index contributed by atoms with van der Waals surface area (Å²) in [7, 11) is -4.12. The Labute approximate surface area is 256 Å². The lowest BCUT2D eigenvalue weighted by atomic mass is 10.0. The largest absolute Gasteiger partial charge is 0.355 e. The number of aryl methyl sites for hydroxylation is 1. The first-order valence-corrected chi connectivity index (χ1v) is 15.9. The number of hydrogen-bond donors (Lipinski definition) is 1. The Balaban J connectivity index is 1.78. The molecule has 0 saturated carbocycles. The van der Waals surface area contributed by atoms with E-state index in [1.165, 1.54) is 17.0 Å². The van der Waals surface area contributed by atoms with Gasteiger partial charge < -0.3 is 10.2 Å². The minimum Gasteiger partial charge on any atom is -0.355 e. The molecule has 0 spiro atoms. The van der Waals surface area contributed by atoms with Crippen molar-refractivity contribution in [2.45, 2.75) is 37.8 Å². The Hall–Kier alpha value is -3.95. The Kier molecular flexibility index (Phi) is 10.5. The van der Waals surface area contributed by atoms with Crippen molar-refractivity contribution in [2.75, 3.05) is 17.4 Å². The lowest BCUT2D eigenvalue weighted by molar-refractivity contribution is -0.140. The van der Waals surface area contributed by atoms with Crippen LogP contribution in [0.25, 0.3) is 0 Å². The number of anilines is 1. The maximum atomic E-state index is 14.3. The van der Waals surface area contributed by atoms with E-state index in [1.54, 1.807) is 42.5 Å². The molecule has 0 radical (unpaired) electrons. The van der Waals surface area contributed by atoms with E-state index in [4.69, 9.17) is 0 Å². The van der Waals surface area contributed by atoms with Crippen molar-refractivity contribution in [3.63, 3.8) is 0 Å². The first-order chi connectivity index (χ1) is 20.2. The minimum atomic E-state index is -4.12. The first kappa shape index (κ1) is 31.0. The number of hydrogen-bond acceptors (Lipinski definition) is 4. The van der Waals surface area contributed by atoms with Gasteiger partial charge in [0.1, 0.15) is 12.6 Å². The quantitative estimate of drug-likeness (QED) is 0.213. The zero-order valence-corrected chi connectivity index (χ0v) is 26.0. The van der Waals surface area contributed by atoms with Crippen molar-refractivity contribution in [2.24, 2.45) is 0 Å². The van der Waals surface area contributed by atoms with Crippen molar-refractivity contribution in [1.29, 1.82) is 0 Å². The van der Waals surface area contributed by atoms with E-state index < -0.39 is 28.5 Å². The normalized spacial score (nSPS) is 11.9. The van der Waals surface area contributed by atoms with Gasteiger partial charge in [-0.2, -0.15) is 0 Å². The number of amides is 2. The number of likely N-dealkylation sites (N-methyl/N-ethyl adjacent to an activating group) is 1. The molecule has 218 valence electrons. The second kappa shape index (κ2) is 14.3. The van der Waals surface area contributed by atoms with Crippen LogP contribution in [0.4, 0.5) is 5.69 Å². The fourth-order valence-electron chi connectivity index (χ4n) is 4.59. The fraction of sp³-hybridized carbons (Fsp3) is 0.212. The molecule has 1 atom stereocenters. The summed E-state index contributed by atoms with van der Waals surface area (Å²) in [4.78, 5) is 29.4. The summed E-state index contributed by atoms with van der Waals surface area (Å²) in [6, 6.07) is 31.1. The van der Waals surface area contributed by atoms with Crippen LogP contribution in [0.5, 0.6) is 0 Å². The number of rotatable bonds is 12. The highest BCUT2D eigenvalue weighted by atomic mass is 79.9. The van der Waals surface area contributed by atoms with Gasteiger partial charge in [0.15, 0.2) is 0 Å². The molecule has 4 rings (SSSR count). The van der Waals surface area contributed by atoms with Crippen LogP contribution in [-0.2, 0) is 32.6 Å². The van der Waals surface area contributed by atoms with E-state index in [9.17, 15) is 18.0 Å². The summed E-state index contributed by atoms with van der Waals surface area (Å²) in [6.45, 7) is 3.84. The third-order valence-electron chi connectivity index (χ3n) is 6.82.